The molecule has 0 amide bonds. The van der Waals surface area contributed by atoms with E-state index in [1.807, 2.05) is 0 Å². The predicted molar refractivity (Wildman–Crippen MR) is 72.3 cm³/mol. The summed E-state index contributed by atoms with van der Waals surface area (Å²) in [6.07, 6.45) is 1.85. The van der Waals surface area contributed by atoms with Gasteiger partial charge in [0, 0.05) is 12.3 Å². The Kier molecular flexibility index (Phi) is 4.45. The van der Waals surface area contributed by atoms with Crippen molar-refractivity contribution in [3.05, 3.63) is 41.5 Å². The van der Waals surface area contributed by atoms with Gasteiger partial charge in [-0.3, -0.25) is 0 Å². The minimum Gasteiger partial charge on any atom is -0.492 e. The van der Waals surface area contributed by atoms with Crippen LogP contribution in [0.4, 0.5) is 4.39 Å². The molecule has 122 valence electrons. The maximum Gasteiger partial charge on any atom is 0.368 e. The van der Waals surface area contributed by atoms with E-state index in [4.69, 9.17) is 4.74 Å². The number of carbonyl (C=O) groups is 2. The summed E-state index contributed by atoms with van der Waals surface area (Å²) in [5, 5.41) is 3.28. The highest BCUT2D eigenvalue weighted by Crippen LogP contribution is 2.31. The van der Waals surface area contributed by atoms with Crippen molar-refractivity contribution in [3.63, 3.8) is 0 Å². The van der Waals surface area contributed by atoms with E-state index >= 15 is 0 Å². The molecule has 10 heteroatoms. The van der Waals surface area contributed by atoms with E-state index in [1.54, 1.807) is 0 Å². The second kappa shape index (κ2) is 6.16. The van der Waals surface area contributed by atoms with Gasteiger partial charge in [-0.15, -0.1) is 0 Å². The Morgan fingerprint density at radius 3 is 2.43 bits per heavy atom. The van der Waals surface area contributed by atoms with Crippen LogP contribution in [0.3, 0.4) is 0 Å². The number of benzene rings is 1. The van der Waals surface area contributed by atoms with E-state index in [2.05, 4.69) is 14.4 Å². The standard InChI is InChI=1S/C13H10FNO7S/c1-20-10-8(14)4-3-7(11(10)23(2,18)19)12(16)22-13(17)9-5-6-21-15-9/h3-6H,1-2H3. The van der Waals surface area contributed by atoms with E-state index in [1.165, 1.54) is 0 Å². The molecular formula is C13H10FNO7S. The maximum atomic E-state index is 13.7. The summed E-state index contributed by atoms with van der Waals surface area (Å²) < 4.78 is 51.0. The molecule has 0 aliphatic carbocycles. The van der Waals surface area contributed by atoms with Gasteiger partial charge in [-0.05, 0) is 12.1 Å². The van der Waals surface area contributed by atoms with Gasteiger partial charge in [0.05, 0.1) is 12.7 Å². The Bertz CT molecular complexity index is 859. The fourth-order valence-electron chi connectivity index (χ4n) is 1.77. The van der Waals surface area contributed by atoms with E-state index in [0.717, 1.165) is 37.8 Å². The topological polar surface area (TPSA) is 113 Å². The van der Waals surface area contributed by atoms with Gasteiger partial charge in [-0.25, -0.2) is 22.4 Å². The first-order valence-corrected chi connectivity index (χ1v) is 7.88. The third kappa shape index (κ3) is 3.37. The van der Waals surface area contributed by atoms with Gasteiger partial charge in [0.15, 0.2) is 27.1 Å². The first-order valence-electron chi connectivity index (χ1n) is 5.99. The number of hydrogen-bond donors (Lipinski definition) is 0. The largest absolute Gasteiger partial charge is 0.492 e. The lowest BCUT2D eigenvalue weighted by Crippen LogP contribution is -2.17. The molecule has 0 bridgehead atoms. The van der Waals surface area contributed by atoms with Crippen LogP contribution in [-0.4, -0.2) is 38.9 Å². The zero-order valence-corrected chi connectivity index (χ0v) is 12.7. The van der Waals surface area contributed by atoms with Crippen molar-refractivity contribution >= 4 is 21.8 Å². The van der Waals surface area contributed by atoms with Crippen LogP contribution in [0.1, 0.15) is 20.8 Å². The molecule has 1 aromatic carbocycles. The highest BCUT2D eigenvalue weighted by atomic mass is 32.2. The Morgan fingerprint density at radius 1 is 1.22 bits per heavy atom. The minimum absolute atomic E-state index is 0.284. The highest BCUT2D eigenvalue weighted by molar-refractivity contribution is 7.90. The number of methoxy groups -OCH3 is 1. The van der Waals surface area contributed by atoms with Gasteiger partial charge in [0.25, 0.3) is 0 Å². The van der Waals surface area contributed by atoms with E-state index in [9.17, 15) is 22.4 Å². The van der Waals surface area contributed by atoms with Gasteiger partial charge in [0.2, 0.25) is 0 Å². The first-order chi connectivity index (χ1) is 10.8. The number of esters is 2. The lowest BCUT2D eigenvalue weighted by Gasteiger charge is -2.12. The van der Waals surface area contributed by atoms with Crippen molar-refractivity contribution in [2.24, 2.45) is 0 Å². The average molecular weight is 343 g/mol. The summed E-state index contributed by atoms with van der Waals surface area (Å²) >= 11 is 0. The van der Waals surface area contributed by atoms with Crippen molar-refractivity contribution in [2.45, 2.75) is 4.90 Å². The third-order valence-electron chi connectivity index (χ3n) is 2.69. The minimum atomic E-state index is -4.04. The number of rotatable bonds is 4. The van der Waals surface area contributed by atoms with Crippen LogP contribution < -0.4 is 4.74 Å². The Balaban J connectivity index is 2.47. The molecule has 0 saturated heterocycles. The summed E-state index contributed by atoms with van der Waals surface area (Å²) in [7, 11) is -3.00. The van der Waals surface area contributed by atoms with Crippen molar-refractivity contribution < 1.29 is 36.4 Å². The maximum absolute atomic E-state index is 13.7. The quantitative estimate of drug-likeness (QED) is 0.601. The van der Waals surface area contributed by atoms with Crippen molar-refractivity contribution in [1.82, 2.24) is 5.16 Å². The van der Waals surface area contributed by atoms with Crippen molar-refractivity contribution in [3.8, 4) is 5.75 Å². The summed E-state index contributed by atoms with van der Waals surface area (Å²) in [6, 6.07) is 2.86. The SMILES string of the molecule is COc1c(F)ccc(C(=O)OC(=O)c2ccon2)c1S(C)(=O)=O. The molecular weight excluding hydrogens is 333 g/mol. The van der Waals surface area contributed by atoms with Crippen LogP contribution in [0, 0.1) is 5.82 Å². The molecule has 0 aliphatic heterocycles. The monoisotopic (exact) mass is 343 g/mol. The van der Waals surface area contributed by atoms with Crippen molar-refractivity contribution in [2.75, 3.05) is 13.4 Å². The zero-order chi connectivity index (χ0) is 17.2. The smallest absolute Gasteiger partial charge is 0.368 e. The molecule has 0 saturated carbocycles. The van der Waals surface area contributed by atoms with Gasteiger partial charge < -0.3 is 14.0 Å². The van der Waals surface area contributed by atoms with E-state index < -0.39 is 43.8 Å². The molecule has 0 radical (unpaired) electrons. The molecule has 1 heterocycles. The molecule has 0 N–H and O–H groups in total. The molecule has 0 unspecified atom stereocenters. The molecule has 0 atom stereocenters. The number of aromatic nitrogens is 1. The lowest BCUT2D eigenvalue weighted by atomic mass is 10.2. The Hall–Kier alpha value is -2.75. The van der Waals surface area contributed by atoms with E-state index in [-0.39, 0.29) is 5.69 Å². The average Bonchev–Trinajstić information content (AvgIpc) is 2.99. The fourth-order valence-corrected chi connectivity index (χ4v) is 2.84. The molecule has 0 fully saturated rings. The fraction of sp³-hybridized carbons (Fsp3) is 0.154. The van der Waals surface area contributed by atoms with Crippen LogP contribution in [0.5, 0.6) is 5.75 Å². The second-order valence-corrected chi connectivity index (χ2v) is 6.24. The first kappa shape index (κ1) is 16.6. The summed E-state index contributed by atoms with van der Waals surface area (Å²) in [6.45, 7) is 0. The van der Waals surface area contributed by atoms with Crippen LogP contribution in [0.15, 0.2) is 33.9 Å². The molecule has 23 heavy (non-hydrogen) atoms. The predicted octanol–water partition coefficient (Wildman–Crippen LogP) is 1.22. The molecule has 2 aromatic rings. The van der Waals surface area contributed by atoms with Gasteiger partial charge in [-0.2, -0.15) is 0 Å². The number of sulfone groups is 1. The number of nitrogens with zero attached hydrogens (tertiary/aromatic N) is 1. The second-order valence-electron chi connectivity index (χ2n) is 4.29. The van der Waals surface area contributed by atoms with Crippen LogP contribution in [-0.2, 0) is 14.6 Å². The zero-order valence-electron chi connectivity index (χ0n) is 11.9. The summed E-state index contributed by atoms with van der Waals surface area (Å²) in [5.41, 5.74) is -0.823. The number of carbonyl (C=O) groups excluding carboxylic acids is 2. The Morgan fingerprint density at radius 2 is 1.91 bits per heavy atom. The normalized spacial score (nSPS) is 11.1. The number of halogens is 1. The van der Waals surface area contributed by atoms with Gasteiger partial charge in [0.1, 0.15) is 11.2 Å². The number of ether oxygens (including phenoxy) is 2. The summed E-state index contributed by atoms with van der Waals surface area (Å²) in [4.78, 5) is 23.0. The molecule has 8 nitrogen and oxygen atoms in total. The van der Waals surface area contributed by atoms with Gasteiger partial charge >= 0.3 is 11.9 Å². The third-order valence-corrected chi connectivity index (χ3v) is 3.84. The highest BCUT2D eigenvalue weighted by Gasteiger charge is 2.29. The van der Waals surface area contributed by atoms with Crippen LogP contribution in [0.2, 0.25) is 0 Å². The van der Waals surface area contributed by atoms with Crippen molar-refractivity contribution in [1.29, 1.82) is 0 Å². The molecule has 0 aliphatic rings. The van der Waals surface area contributed by atoms with Gasteiger partial charge in [-0.1, -0.05) is 5.16 Å². The molecule has 2 rings (SSSR count). The van der Waals surface area contributed by atoms with Crippen LogP contribution in [0.25, 0.3) is 0 Å². The Labute approximate surface area is 129 Å². The summed E-state index contributed by atoms with van der Waals surface area (Å²) in [5.74, 6) is -4.06. The molecule has 0 spiro atoms. The van der Waals surface area contributed by atoms with Crippen LogP contribution >= 0.6 is 0 Å². The number of hydrogen-bond acceptors (Lipinski definition) is 8. The van der Waals surface area contributed by atoms with E-state index in [0.29, 0.717) is 0 Å². The lowest BCUT2D eigenvalue weighted by molar-refractivity contribution is 0.0387. The molecule has 1 aromatic heterocycles.